The third-order valence-electron chi connectivity index (χ3n) is 5.06. The highest BCUT2D eigenvalue weighted by molar-refractivity contribution is 4.98. The van der Waals surface area contributed by atoms with Gasteiger partial charge in [-0.2, -0.15) is 0 Å². The third-order valence-corrected chi connectivity index (χ3v) is 5.06. The molecule has 2 saturated heterocycles. The minimum Gasteiger partial charge on any atom is -0.328 e. The first-order valence-electron chi connectivity index (χ1n) is 8.25. The summed E-state index contributed by atoms with van der Waals surface area (Å²) in [5, 5.41) is 0. The lowest BCUT2D eigenvalue weighted by molar-refractivity contribution is 0.0799. The van der Waals surface area contributed by atoms with Crippen molar-refractivity contribution >= 4 is 0 Å². The highest BCUT2D eigenvalue weighted by Gasteiger charge is 2.41. The summed E-state index contributed by atoms with van der Waals surface area (Å²) in [6.07, 6.45) is 13.7. The molecule has 2 heteroatoms. The summed E-state index contributed by atoms with van der Waals surface area (Å²) in [6.45, 7) is 4.74. The van der Waals surface area contributed by atoms with Crippen molar-refractivity contribution in [2.75, 3.05) is 0 Å². The van der Waals surface area contributed by atoms with Gasteiger partial charge >= 0.3 is 0 Å². The minimum atomic E-state index is 0.482. The predicted molar refractivity (Wildman–Crippen MR) is 78.7 cm³/mol. The van der Waals surface area contributed by atoms with Gasteiger partial charge in [0, 0.05) is 24.2 Å². The number of unbranched alkanes of at least 4 members (excludes halogenated alkanes) is 4. The summed E-state index contributed by atoms with van der Waals surface area (Å²) in [4.78, 5) is 2.82. The molecule has 2 fully saturated rings. The lowest BCUT2D eigenvalue weighted by Gasteiger charge is -2.41. The Kier molecular flexibility index (Phi) is 5.50. The fourth-order valence-electron chi connectivity index (χ4n) is 4.17. The van der Waals surface area contributed by atoms with Crippen molar-refractivity contribution in [3.05, 3.63) is 0 Å². The lowest BCUT2D eigenvalue weighted by Crippen LogP contribution is -2.51. The zero-order valence-corrected chi connectivity index (χ0v) is 12.4. The van der Waals surface area contributed by atoms with Gasteiger partial charge in [-0.05, 0) is 39.0 Å². The molecule has 18 heavy (non-hydrogen) atoms. The molecule has 3 unspecified atom stereocenters. The molecule has 2 N–H and O–H groups in total. The summed E-state index contributed by atoms with van der Waals surface area (Å²) >= 11 is 0. The highest BCUT2D eigenvalue weighted by atomic mass is 15.2. The molecule has 2 aliphatic heterocycles. The average molecular weight is 252 g/mol. The van der Waals surface area contributed by atoms with Gasteiger partial charge in [-0.3, -0.25) is 4.90 Å². The topological polar surface area (TPSA) is 29.3 Å². The maximum atomic E-state index is 6.15. The van der Waals surface area contributed by atoms with Crippen LogP contribution in [0, 0.1) is 0 Å². The molecule has 0 saturated carbocycles. The SMILES string of the molecule is CCCCCCCC(C)N1C2CCC1CC(N)C2. The van der Waals surface area contributed by atoms with E-state index < -0.39 is 0 Å². The standard InChI is InChI=1S/C16H32N2/c1-3-4-5-6-7-8-13(2)18-15-9-10-16(18)12-14(17)11-15/h13-16H,3-12,17H2,1-2H3. The minimum absolute atomic E-state index is 0.482. The molecule has 0 aromatic rings. The highest BCUT2D eigenvalue weighted by Crippen LogP contribution is 2.37. The van der Waals surface area contributed by atoms with Crippen LogP contribution in [0.5, 0.6) is 0 Å². The largest absolute Gasteiger partial charge is 0.328 e. The first-order valence-corrected chi connectivity index (χ1v) is 8.25. The molecule has 3 atom stereocenters. The van der Waals surface area contributed by atoms with Crippen LogP contribution in [0.3, 0.4) is 0 Å². The molecule has 0 aromatic heterocycles. The number of fused-ring (bicyclic) bond motifs is 2. The van der Waals surface area contributed by atoms with Crippen molar-refractivity contribution in [3.8, 4) is 0 Å². The molecule has 2 heterocycles. The smallest absolute Gasteiger partial charge is 0.0116 e. The zero-order valence-electron chi connectivity index (χ0n) is 12.4. The van der Waals surface area contributed by atoms with E-state index in [0.29, 0.717) is 6.04 Å². The Morgan fingerprint density at radius 1 is 1.06 bits per heavy atom. The molecule has 0 amide bonds. The molecule has 106 valence electrons. The van der Waals surface area contributed by atoms with Crippen LogP contribution < -0.4 is 5.73 Å². The van der Waals surface area contributed by atoms with Crippen LogP contribution in [-0.2, 0) is 0 Å². The summed E-state index contributed by atoms with van der Waals surface area (Å²) in [7, 11) is 0. The van der Waals surface area contributed by atoms with Crippen LogP contribution >= 0.6 is 0 Å². The van der Waals surface area contributed by atoms with Gasteiger partial charge in [0.05, 0.1) is 0 Å². The van der Waals surface area contributed by atoms with E-state index >= 15 is 0 Å². The second-order valence-electron chi connectivity index (χ2n) is 6.62. The molecule has 2 nitrogen and oxygen atoms in total. The maximum Gasteiger partial charge on any atom is 0.0116 e. The van der Waals surface area contributed by atoms with Crippen molar-refractivity contribution in [1.29, 1.82) is 0 Å². The van der Waals surface area contributed by atoms with Gasteiger partial charge in [-0.1, -0.05) is 39.0 Å². The van der Waals surface area contributed by atoms with E-state index in [2.05, 4.69) is 18.7 Å². The second kappa shape index (κ2) is 6.91. The fraction of sp³-hybridized carbons (Fsp3) is 1.00. The van der Waals surface area contributed by atoms with E-state index in [0.717, 1.165) is 18.1 Å². The molecule has 2 aliphatic rings. The summed E-state index contributed by atoms with van der Waals surface area (Å²) in [5.74, 6) is 0. The van der Waals surface area contributed by atoms with E-state index in [1.165, 1.54) is 64.2 Å². The number of hydrogen-bond donors (Lipinski definition) is 1. The van der Waals surface area contributed by atoms with E-state index in [9.17, 15) is 0 Å². The quantitative estimate of drug-likeness (QED) is 0.700. The van der Waals surface area contributed by atoms with Crippen molar-refractivity contribution in [3.63, 3.8) is 0 Å². The Morgan fingerprint density at radius 2 is 1.67 bits per heavy atom. The van der Waals surface area contributed by atoms with Crippen LogP contribution in [0.4, 0.5) is 0 Å². The molecule has 2 bridgehead atoms. The number of piperidine rings is 1. The number of nitrogens with zero attached hydrogens (tertiary/aromatic N) is 1. The van der Waals surface area contributed by atoms with E-state index in [1.54, 1.807) is 0 Å². The molecule has 0 radical (unpaired) electrons. The van der Waals surface area contributed by atoms with Crippen LogP contribution in [0.25, 0.3) is 0 Å². The first kappa shape index (κ1) is 14.3. The van der Waals surface area contributed by atoms with Gasteiger partial charge in [-0.25, -0.2) is 0 Å². The molecule has 0 spiro atoms. The lowest BCUT2D eigenvalue weighted by atomic mass is 9.95. The average Bonchev–Trinajstić information content (AvgIpc) is 2.61. The molecule has 0 aliphatic carbocycles. The van der Waals surface area contributed by atoms with Gasteiger partial charge in [0.25, 0.3) is 0 Å². The summed E-state index contributed by atoms with van der Waals surface area (Å²) in [6, 6.07) is 2.89. The van der Waals surface area contributed by atoms with Gasteiger partial charge < -0.3 is 5.73 Å². The predicted octanol–water partition coefficient (Wildman–Crippen LogP) is 3.69. The Bertz CT molecular complexity index is 227. The first-order chi connectivity index (χ1) is 8.72. The van der Waals surface area contributed by atoms with Crippen LogP contribution in [-0.4, -0.2) is 29.1 Å². The van der Waals surface area contributed by atoms with Crippen molar-refractivity contribution in [2.24, 2.45) is 5.73 Å². The Hall–Kier alpha value is -0.0800. The monoisotopic (exact) mass is 252 g/mol. The summed E-state index contributed by atoms with van der Waals surface area (Å²) < 4.78 is 0. The Morgan fingerprint density at radius 3 is 2.28 bits per heavy atom. The van der Waals surface area contributed by atoms with Gasteiger partial charge in [0.15, 0.2) is 0 Å². The van der Waals surface area contributed by atoms with Crippen molar-refractivity contribution in [2.45, 2.75) is 102 Å². The van der Waals surface area contributed by atoms with E-state index in [-0.39, 0.29) is 0 Å². The molecule has 2 rings (SSSR count). The fourth-order valence-corrected chi connectivity index (χ4v) is 4.17. The third kappa shape index (κ3) is 3.48. The summed E-state index contributed by atoms with van der Waals surface area (Å²) in [5.41, 5.74) is 6.15. The Balaban J connectivity index is 1.71. The number of rotatable bonds is 7. The van der Waals surface area contributed by atoms with E-state index in [1.807, 2.05) is 0 Å². The second-order valence-corrected chi connectivity index (χ2v) is 6.62. The Labute approximate surface area is 113 Å². The molecular weight excluding hydrogens is 220 g/mol. The van der Waals surface area contributed by atoms with Crippen molar-refractivity contribution < 1.29 is 0 Å². The van der Waals surface area contributed by atoms with Crippen molar-refractivity contribution in [1.82, 2.24) is 4.90 Å². The normalized spacial score (nSPS) is 33.8. The number of hydrogen-bond acceptors (Lipinski definition) is 2. The van der Waals surface area contributed by atoms with Gasteiger partial charge in [0.2, 0.25) is 0 Å². The van der Waals surface area contributed by atoms with Gasteiger partial charge in [-0.15, -0.1) is 0 Å². The maximum absolute atomic E-state index is 6.15. The number of nitrogens with two attached hydrogens (primary N) is 1. The molecular formula is C16H32N2. The van der Waals surface area contributed by atoms with Gasteiger partial charge in [0.1, 0.15) is 0 Å². The van der Waals surface area contributed by atoms with Crippen LogP contribution in [0.2, 0.25) is 0 Å². The van der Waals surface area contributed by atoms with E-state index in [4.69, 9.17) is 5.73 Å². The van der Waals surface area contributed by atoms with Crippen LogP contribution in [0.15, 0.2) is 0 Å². The van der Waals surface area contributed by atoms with Crippen LogP contribution in [0.1, 0.15) is 78.1 Å². The zero-order chi connectivity index (χ0) is 13.0. The molecule has 0 aromatic carbocycles.